The van der Waals surface area contributed by atoms with Gasteiger partial charge in [0.2, 0.25) is 5.91 Å². The van der Waals surface area contributed by atoms with Crippen molar-refractivity contribution in [1.82, 2.24) is 19.6 Å². The molecule has 0 aromatic carbocycles. The van der Waals surface area contributed by atoms with Gasteiger partial charge < -0.3 is 10.2 Å². The standard InChI is InChI=1S/C19H20N6O/c1-11-7-18(25-17(21-11)6-12(2)23-25)24-10-19(4-5-19)14-9-20-16(8-15(14)24)22-13(3)26/h6-9H,4-5,10H2,1-3H3,(H,20,22,26). The zero-order chi connectivity index (χ0) is 18.1. The summed E-state index contributed by atoms with van der Waals surface area (Å²) >= 11 is 0. The lowest BCUT2D eigenvalue weighted by atomic mass is 10.0. The largest absolute Gasteiger partial charge is 0.325 e. The molecule has 1 fully saturated rings. The molecular weight excluding hydrogens is 328 g/mol. The highest BCUT2D eigenvalue weighted by Gasteiger charge is 2.52. The van der Waals surface area contributed by atoms with Gasteiger partial charge in [0.25, 0.3) is 0 Å². The molecule has 3 aromatic rings. The van der Waals surface area contributed by atoms with Crippen LogP contribution in [0.25, 0.3) is 5.65 Å². The van der Waals surface area contributed by atoms with Crippen LogP contribution in [0.1, 0.15) is 36.7 Å². The van der Waals surface area contributed by atoms with Crippen molar-refractivity contribution in [2.45, 2.75) is 39.0 Å². The molecule has 1 amide bonds. The number of nitrogens with zero attached hydrogens (tertiary/aromatic N) is 5. The summed E-state index contributed by atoms with van der Waals surface area (Å²) in [4.78, 5) is 22.8. The van der Waals surface area contributed by atoms with Crippen molar-refractivity contribution < 1.29 is 4.79 Å². The van der Waals surface area contributed by atoms with Gasteiger partial charge in [0.1, 0.15) is 11.6 Å². The molecule has 1 aliphatic heterocycles. The summed E-state index contributed by atoms with van der Waals surface area (Å²) in [6.45, 7) is 6.39. The van der Waals surface area contributed by atoms with E-state index in [2.05, 4.69) is 31.3 Å². The van der Waals surface area contributed by atoms with Crippen molar-refractivity contribution in [3.8, 4) is 0 Å². The first-order chi connectivity index (χ1) is 12.4. The van der Waals surface area contributed by atoms with Gasteiger partial charge in [0.15, 0.2) is 5.65 Å². The number of aryl methyl sites for hydroxylation is 2. The number of rotatable bonds is 2. The quantitative estimate of drug-likeness (QED) is 0.771. The van der Waals surface area contributed by atoms with Gasteiger partial charge in [-0.15, -0.1) is 0 Å². The molecule has 0 radical (unpaired) electrons. The van der Waals surface area contributed by atoms with Gasteiger partial charge in [0.05, 0.1) is 11.4 Å². The first-order valence-corrected chi connectivity index (χ1v) is 8.85. The first kappa shape index (κ1) is 15.3. The molecule has 1 saturated carbocycles. The number of carbonyl (C=O) groups excluding carboxylic acids is 1. The molecule has 132 valence electrons. The lowest BCUT2D eigenvalue weighted by Gasteiger charge is -2.21. The monoisotopic (exact) mass is 348 g/mol. The minimum atomic E-state index is -0.118. The molecule has 0 saturated heterocycles. The predicted octanol–water partition coefficient (Wildman–Crippen LogP) is 2.88. The smallest absolute Gasteiger partial charge is 0.222 e. The van der Waals surface area contributed by atoms with Crippen molar-refractivity contribution in [1.29, 1.82) is 0 Å². The number of aromatic nitrogens is 4. The molecule has 0 unspecified atom stereocenters. The molecule has 5 rings (SSSR count). The average Bonchev–Trinajstić information content (AvgIpc) is 3.14. The van der Waals surface area contributed by atoms with Crippen molar-refractivity contribution in [2.24, 2.45) is 0 Å². The summed E-state index contributed by atoms with van der Waals surface area (Å²) in [5, 5.41) is 7.43. The molecular formula is C19H20N6O. The number of carbonyl (C=O) groups is 1. The summed E-state index contributed by atoms with van der Waals surface area (Å²) in [5.41, 5.74) is 5.30. The Morgan fingerprint density at radius 1 is 1.19 bits per heavy atom. The van der Waals surface area contributed by atoms with Crippen LogP contribution in [0, 0.1) is 13.8 Å². The van der Waals surface area contributed by atoms with Gasteiger partial charge in [-0.3, -0.25) is 4.79 Å². The maximum absolute atomic E-state index is 11.4. The molecule has 1 aliphatic carbocycles. The van der Waals surface area contributed by atoms with Gasteiger partial charge in [-0.25, -0.2) is 9.97 Å². The third-order valence-electron chi connectivity index (χ3n) is 5.30. The summed E-state index contributed by atoms with van der Waals surface area (Å²) in [6, 6.07) is 6.04. The van der Waals surface area contributed by atoms with E-state index in [9.17, 15) is 4.79 Å². The van der Waals surface area contributed by atoms with E-state index < -0.39 is 0 Å². The highest BCUT2D eigenvalue weighted by Crippen LogP contribution is 2.58. The second kappa shape index (κ2) is 5.03. The second-order valence-corrected chi connectivity index (χ2v) is 7.45. The molecule has 7 heteroatoms. The Morgan fingerprint density at radius 2 is 2.00 bits per heavy atom. The number of anilines is 3. The average molecular weight is 348 g/mol. The Hall–Kier alpha value is -2.96. The van der Waals surface area contributed by atoms with Gasteiger partial charge >= 0.3 is 0 Å². The Morgan fingerprint density at radius 3 is 2.73 bits per heavy atom. The van der Waals surface area contributed by atoms with E-state index in [-0.39, 0.29) is 11.3 Å². The zero-order valence-electron chi connectivity index (χ0n) is 15.1. The molecule has 3 aromatic heterocycles. The van der Waals surface area contributed by atoms with E-state index in [0.29, 0.717) is 5.82 Å². The normalized spacial score (nSPS) is 17.0. The summed E-state index contributed by atoms with van der Waals surface area (Å²) in [6.07, 6.45) is 4.26. The van der Waals surface area contributed by atoms with E-state index in [1.807, 2.05) is 36.7 Å². The van der Waals surface area contributed by atoms with Crippen molar-refractivity contribution in [3.63, 3.8) is 0 Å². The van der Waals surface area contributed by atoms with Gasteiger partial charge in [-0.2, -0.15) is 9.61 Å². The fourth-order valence-corrected chi connectivity index (χ4v) is 3.97. The zero-order valence-corrected chi connectivity index (χ0v) is 15.1. The maximum atomic E-state index is 11.4. The molecule has 26 heavy (non-hydrogen) atoms. The Kier molecular flexibility index (Phi) is 2.96. The summed E-state index contributed by atoms with van der Waals surface area (Å²) in [5.74, 6) is 1.47. The van der Waals surface area contributed by atoms with Crippen LogP contribution in [0.2, 0.25) is 0 Å². The maximum Gasteiger partial charge on any atom is 0.222 e. The van der Waals surface area contributed by atoms with Crippen LogP contribution >= 0.6 is 0 Å². The number of hydrogen-bond acceptors (Lipinski definition) is 5. The van der Waals surface area contributed by atoms with Crippen molar-refractivity contribution >= 4 is 28.9 Å². The molecule has 4 heterocycles. The molecule has 0 atom stereocenters. The Bertz CT molecular complexity index is 1070. The van der Waals surface area contributed by atoms with Gasteiger partial charge in [-0.1, -0.05) is 0 Å². The topological polar surface area (TPSA) is 75.4 Å². The highest BCUT2D eigenvalue weighted by atomic mass is 16.1. The fraction of sp³-hybridized carbons (Fsp3) is 0.368. The van der Waals surface area contributed by atoms with E-state index in [1.165, 1.54) is 25.3 Å². The van der Waals surface area contributed by atoms with E-state index in [0.717, 1.165) is 35.1 Å². The van der Waals surface area contributed by atoms with E-state index in [4.69, 9.17) is 0 Å². The van der Waals surface area contributed by atoms with E-state index >= 15 is 0 Å². The number of amides is 1. The summed E-state index contributed by atoms with van der Waals surface area (Å²) in [7, 11) is 0. The van der Waals surface area contributed by atoms with Crippen LogP contribution in [0.4, 0.5) is 17.3 Å². The molecule has 7 nitrogen and oxygen atoms in total. The first-order valence-electron chi connectivity index (χ1n) is 8.85. The summed E-state index contributed by atoms with van der Waals surface area (Å²) < 4.78 is 1.91. The van der Waals surface area contributed by atoms with Gasteiger partial charge in [-0.05, 0) is 26.7 Å². The van der Waals surface area contributed by atoms with Crippen LogP contribution in [-0.4, -0.2) is 32.0 Å². The van der Waals surface area contributed by atoms with Crippen LogP contribution in [-0.2, 0) is 10.2 Å². The molecule has 1 spiro atoms. The highest BCUT2D eigenvalue weighted by molar-refractivity contribution is 5.89. The molecule has 2 aliphatic rings. The number of fused-ring (bicyclic) bond motifs is 3. The fourth-order valence-electron chi connectivity index (χ4n) is 3.97. The van der Waals surface area contributed by atoms with Crippen LogP contribution in [0.5, 0.6) is 0 Å². The predicted molar refractivity (Wildman–Crippen MR) is 98.9 cm³/mol. The third kappa shape index (κ3) is 2.20. The van der Waals surface area contributed by atoms with E-state index in [1.54, 1.807) is 0 Å². The number of hydrogen-bond donors (Lipinski definition) is 1. The second-order valence-electron chi connectivity index (χ2n) is 7.45. The minimum Gasteiger partial charge on any atom is -0.325 e. The Labute approximate surface area is 151 Å². The van der Waals surface area contributed by atoms with Crippen LogP contribution in [0.15, 0.2) is 24.4 Å². The van der Waals surface area contributed by atoms with Crippen LogP contribution < -0.4 is 10.2 Å². The van der Waals surface area contributed by atoms with Crippen molar-refractivity contribution in [3.05, 3.63) is 41.3 Å². The lowest BCUT2D eigenvalue weighted by molar-refractivity contribution is -0.114. The number of pyridine rings is 1. The third-order valence-corrected chi connectivity index (χ3v) is 5.30. The van der Waals surface area contributed by atoms with Crippen molar-refractivity contribution in [2.75, 3.05) is 16.8 Å². The minimum absolute atomic E-state index is 0.118. The Balaban J connectivity index is 1.69. The number of nitrogens with one attached hydrogen (secondary N) is 1. The van der Waals surface area contributed by atoms with Crippen LogP contribution in [0.3, 0.4) is 0 Å². The SMILES string of the molecule is CC(=O)Nc1cc2c(cn1)C1(CC1)CN2c1cc(C)nc2cc(C)nn12. The lowest BCUT2D eigenvalue weighted by Crippen LogP contribution is -2.22. The van der Waals surface area contributed by atoms with Gasteiger partial charge in [0, 0.05) is 54.5 Å². The molecule has 0 bridgehead atoms. The molecule has 1 N–H and O–H groups in total.